The average molecular weight is 433 g/mol. The molecule has 0 aliphatic heterocycles. The molecule has 0 radical (unpaired) electrons. The van der Waals surface area contributed by atoms with Crippen molar-refractivity contribution in [3.05, 3.63) is 51.5 Å². The minimum atomic E-state index is -4.70. The third-order valence-corrected chi connectivity index (χ3v) is 3.83. The highest BCUT2D eigenvalue weighted by atomic mass is 127. The van der Waals surface area contributed by atoms with Gasteiger partial charge in [-0.1, -0.05) is 12.1 Å². The van der Waals surface area contributed by atoms with E-state index in [1.54, 1.807) is 12.3 Å². The molecule has 0 amide bonds. The molecule has 0 N–H and O–H groups in total. The molecular weight excluding hydrogens is 422 g/mol. The highest BCUT2D eigenvalue weighted by Crippen LogP contribution is 2.24. The van der Waals surface area contributed by atoms with Crippen molar-refractivity contribution in [1.29, 1.82) is 0 Å². The molecule has 4 nitrogen and oxygen atoms in total. The molecule has 0 saturated heterocycles. The smallest absolute Gasteiger partial charge is 0.406 e. The van der Waals surface area contributed by atoms with Crippen LogP contribution >= 0.6 is 22.6 Å². The number of aryl methyl sites for hydroxylation is 1. The monoisotopic (exact) mass is 433 g/mol. The summed E-state index contributed by atoms with van der Waals surface area (Å²) in [5, 5.41) is 0. The predicted octanol–water partition coefficient (Wildman–Crippen LogP) is 4.29. The van der Waals surface area contributed by atoms with Crippen LogP contribution in [0.1, 0.15) is 11.4 Å². The van der Waals surface area contributed by atoms with Gasteiger partial charge in [0.05, 0.1) is 5.52 Å². The molecule has 0 spiro atoms. The average Bonchev–Trinajstić information content (AvgIpc) is 2.74. The van der Waals surface area contributed by atoms with Gasteiger partial charge < -0.3 is 9.30 Å². The lowest BCUT2D eigenvalue weighted by Gasteiger charge is -2.11. The summed E-state index contributed by atoms with van der Waals surface area (Å²) < 4.78 is 43.8. The third-order valence-electron chi connectivity index (χ3n) is 3.24. The molecule has 0 fully saturated rings. The van der Waals surface area contributed by atoms with Crippen LogP contribution in [-0.2, 0) is 6.54 Å². The zero-order valence-electron chi connectivity index (χ0n) is 11.9. The molecule has 0 bridgehead atoms. The first-order chi connectivity index (χ1) is 10.8. The van der Waals surface area contributed by atoms with Gasteiger partial charge in [-0.3, -0.25) is 0 Å². The van der Waals surface area contributed by atoms with Crippen molar-refractivity contribution in [2.45, 2.75) is 19.8 Å². The lowest BCUT2D eigenvalue weighted by Crippen LogP contribution is -2.17. The number of hydrogen-bond donors (Lipinski definition) is 0. The molecule has 0 saturated carbocycles. The van der Waals surface area contributed by atoms with E-state index in [2.05, 4.69) is 37.3 Å². The Morgan fingerprint density at radius 2 is 2.04 bits per heavy atom. The number of rotatable bonds is 3. The Hall–Kier alpha value is -1.84. The Kier molecular flexibility index (Phi) is 4.17. The summed E-state index contributed by atoms with van der Waals surface area (Å²) in [5.74, 6) is 0.515. The van der Waals surface area contributed by atoms with Crippen LogP contribution in [0.3, 0.4) is 0 Å². The maximum atomic E-state index is 12.3. The lowest BCUT2D eigenvalue weighted by atomic mass is 10.2. The second-order valence-corrected chi connectivity index (χ2v) is 6.18. The van der Waals surface area contributed by atoms with Crippen molar-refractivity contribution >= 4 is 33.8 Å². The maximum Gasteiger partial charge on any atom is 0.573 e. The largest absolute Gasteiger partial charge is 0.573 e. The zero-order valence-corrected chi connectivity index (χ0v) is 14.1. The van der Waals surface area contributed by atoms with Crippen LogP contribution < -0.4 is 4.74 Å². The van der Waals surface area contributed by atoms with Crippen molar-refractivity contribution in [2.75, 3.05) is 0 Å². The fourth-order valence-corrected chi connectivity index (χ4v) is 2.75. The minimum absolute atomic E-state index is 0.232. The molecule has 3 aromatic rings. The Labute approximate surface area is 143 Å². The van der Waals surface area contributed by atoms with Crippen LogP contribution in [0.4, 0.5) is 13.2 Å². The molecule has 2 aromatic heterocycles. The number of halogens is 4. The highest BCUT2D eigenvalue weighted by Gasteiger charge is 2.31. The molecule has 1 aromatic carbocycles. The summed E-state index contributed by atoms with van der Waals surface area (Å²) in [6.45, 7) is 2.23. The quantitative estimate of drug-likeness (QED) is 0.579. The number of pyridine rings is 1. The van der Waals surface area contributed by atoms with Crippen molar-refractivity contribution in [3.63, 3.8) is 0 Å². The van der Waals surface area contributed by atoms with E-state index in [1.165, 1.54) is 18.2 Å². The number of benzene rings is 1. The summed E-state index contributed by atoms with van der Waals surface area (Å²) in [7, 11) is 0. The molecule has 23 heavy (non-hydrogen) atoms. The van der Waals surface area contributed by atoms with E-state index in [0.717, 1.165) is 14.9 Å². The van der Waals surface area contributed by atoms with Gasteiger partial charge >= 0.3 is 6.36 Å². The van der Waals surface area contributed by atoms with Crippen LogP contribution in [0.25, 0.3) is 11.2 Å². The van der Waals surface area contributed by atoms with Crippen molar-refractivity contribution in [2.24, 2.45) is 0 Å². The maximum absolute atomic E-state index is 12.3. The van der Waals surface area contributed by atoms with Gasteiger partial charge in [-0.15, -0.1) is 13.2 Å². The number of nitrogens with zero attached hydrogens (tertiary/aromatic N) is 3. The van der Waals surface area contributed by atoms with E-state index >= 15 is 0 Å². The van der Waals surface area contributed by atoms with Gasteiger partial charge in [-0.05, 0) is 53.3 Å². The first-order valence-corrected chi connectivity index (χ1v) is 7.73. The molecular formula is C15H11F3IN3O. The standard InChI is InChI=1S/C15H11F3IN3O/c1-9-21-14-13(6-11(19)7-20-14)22(9)8-10-3-2-4-12(5-10)23-15(16,17)18/h2-7H,8H2,1H3. The van der Waals surface area contributed by atoms with Crippen molar-refractivity contribution in [3.8, 4) is 5.75 Å². The minimum Gasteiger partial charge on any atom is -0.406 e. The molecule has 0 aliphatic rings. The first kappa shape index (κ1) is 16.0. The van der Waals surface area contributed by atoms with Crippen LogP contribution in [0.5, 0.6) is 5.75 Å². The van der Waals surface area contributed by atoms with Gasteiger partial charge in [0.2, 0.25) is 0 Å². The molecule has 8 heteroatoms. The van der Waals surface area contributed by atoms with Gasteiger partial charge in [0, 0.05) is 16.3 Å². The summed E-state index contributed by atoms with van der Waals surface area (Å²) in [5.41, 5.74) is 2.15. The lowest BCUT2D eigenvalue weighted by molar-refractivity contribution is -0.274. The topological polar surface area (TPSA) is 39.9 Å². The fourth-order valence-electron chi connectivity index (χ4n) is 2.32. The van der Waals surface area contributed by atoms with E-state index in [-0.39, 0.29) is 5.75 Å². The fraction of sp³-hybridized carbons (Fsp3) is 0.200. The molecule has 3 rings (SSSR count). The summed E-state index contributed by atoms with van der Waals surface area (Å²) >= 11 is 2.16. The molecule has 0 aliphatic carbocycles. The molecule has 2 heterocycles. The van der Waals surface area contributed by atoms with Gasteiger partial charge in [-0.2, -0.15) is 0 Å². The highest BCUT2D eigenvalue weighted by molar-refractivity contribution is 14.1. The zero-order chi connectivity index (χ0) is 16.6. The van der Waals surface area contributed by atoms with Crippen molar-refractivity contribution in [1.82, 2.24) is 14.5 Å². The van der Waals surface area contributed by atoms with E-state index in [9.17, 15) is 13.2 Å². The van der Waals surface area contributed by atoms with Crippen molar-refractivity contribution < 1.29 is 17.9 Å². The van der Waals surface area contributed by atoms with Crippen LogP contribution in [0.2, 0.25) is 0 Å². The summed E-state index contributed by atoms with van der Waals surface area (Å²) in [4.78, 5) is 8.63. The van der Waals surface area contributed by atoms with Gasteiger partial charge in [0.1, 0.15) is 11.6 Å². The predicted molar refractivity (Wildman–Crippen MR) is 87.2 cm³/mol. The number of imidazole rings is 1. The normalized spacial score (nSPS) is 11.9. The van der Waals surface area contributed by atoms with Crippen LogP contribution in [0, 0.1) is 10.5 Å². The SMILES string of the molecule is Cc1nc2ncc(I)cc2n1Cc1cccc(OC(F)(F)F)c1. The number of aromatic nitrogens is 3. The number of fused-ring (bicyclic) bond motifs is 1. The Bertz CT molecular complexity index is 861. The van der Waals surface area contributed by atoms with E-state index in [1.807, 2.05) is 17.6 Å². The van der Waals surface area contributed by atoms with E-state index < -0.39 is 6.36 Å². The Balaban J connectivity index is 1.95. The van der Waals surface area contributed by atoms with Crippen LogP contribution in [0.15, 0.2) is 36.5 Å². The second-order valence-electron chi connectivity index (χ2n) is 4.94. The molecule has 120 valence electrons. The molecule has 0 atom stereocenters. The summed E-state index contributed by atoms with van der Waals surface area (Å²) in [6.07, 6.45) is -2.98. The van der Waals surface area contributed by atoms with Gasteiger partial charge in [0.25, 0.3) is 0 Å². The Morgan fingerprint density at radius 3 is 2.78 bits per heavy atom. The summed E-state index contributed by atoms with van der Waals surface area (Å²) in [6, 6.07) is 7.88. The number of alkyl halides is 3. The Morgan fingerprint density at radius 1 is 1.26 bits per heavy atom. The number of hydrogen-bond acceptors (Lipinski definition) is 3. The van der Waals surface area contributed by atoms with E-state index in [0.29, 0.717) is 17.8 Å². The van der Waals surface area contributed by atoms with Gasteiger partial charge in [-0.25, -0.2) is 9.97 Å². The first-order valence-electron chi connectivity index (χ1n) is 6.65. The van der Waals surface area contributed by atoms with Gasteiger partial charge in [0.15, 0.2) is 5.65 Å². The van der Waals surface area contributed by atoms with Crippen LogP contribution in [-0.4, -0.2) is 20.9 Å². The second kappa shape index (κ2) is 5.99. The number of ether oxygens (including phenoxy) is 1. The third kappa shape index (κ3) is 3.74. The molecule has 0 unspecified atom stereocenters. The van der Waals surface area contributed by atoms with E-state index in [4.69, 9.17) is 0 Å².